The van der Waals surface area contributed by atoms with Crippen LogP contribution in [0.2, 0.25) is 0 Å². The Morgan fingerprint density at radius 3 is 2.32 bits per heavy atom. The van der Waals surface area contributed by atoms with Gasteiger partial charge in [-0.2, -0.15) is 0 Å². The van der Waals surface area contributed by atoms with Crippen molar-refractivity contribution < 1.29 is 19.4 Å². The van der Waals surface area contributed by atoms with Gasteiger partial charge >= 0.3 is 5.97 Å². The van der Waals surface area contributed by atoms with Gasteiger partial charge in [-0.1, -0.05) is 44.2 Å². The van der Waals surface area contributed by atoms with Crippen LogP contribution in [0.1, 0.15) is 37.8 Å². The fourth-order valence-corrected chi connectivity index (χ4v) is 3.26. The van der Waals surface area contributed by atoms with Crippen molar-refractivity contribution in [3.05, 3.63) is 76.5 Å². The fourth-order valence-electron chi connectivity index (χ4n) is 3.26. The first kappa shape index (κ1) is 19.4. The molecule has 1 amide bonds. The number of nitrogens with zero attached hydrogens (tertiary/aromatic N) is 1. The van der Waals surface area contributed by atoms with E-state index in [4.69, 9.17) is 4.74 Å². The van der Waals surface area contributed by atoms with E-state index >= 15 is 0 Å². The van der Waals surface area contributed by atoms with Gasteiger partial charge in [0.1, 0.15) is 5.75 Å². The predicted molar refractivity (Wildman–Crippen MR) is 109 cm³/mol. The lowest BCUT2D eigenvalue weighted by Crippen LogP contribution is -2.24. The molecule has 28 heavy (non-hydrogen) atoms. The van der Waals surface area contributed by atoms with Gasteiger partial charge in [0.15, 0.2) is 0 Å². The van der Waals surface area contributed by atoms with Gasteiger partial charge in [0.2, 0.25) is 0 Å². The molecule has 0 aromatic heterocycles. The van der Waals surface area contributed by atoms with Crippen LogP contribution >= 0.6 is 0 Å². The molecule has 0 bridgehead atoms. The number of para-hydroxylation sites is 1. The van der Waals surface area contributed by atoms with E-state index in [-0.39, 0.29) is 22.8 Å². The summed E-state index contributed by atoms with van der Waals surface area (Å²) in [6.07, 6.45) is 1.52. The first-order valence-electron chi connectivity index (χ1n) is 9.08. The summed E-state index contributed by atoms with van der Waals surface area (Å²) >= 11 is 0. The maximum Gasteiger partial charge on any atom is 0.340 e. The van der Waals surface area contributed by atoms with Crippen LogP contribution in [0.5, 0.6) is 5.75 Å². The van der Waals surface area contributed by atoms with Gasteiger partial charge in [0.25, 0.3) is 5.91 Å². The Hall–Kier alpha value is -3.34. The van der Waals surface area contributed by atoms with Crippen molar-refractivity contribution in [3.63, 3.8) is 0 Å². The molecule has 0 atom stereocenters. The molecule has 144 valence electrons. The van der Waals surface area contributed by atoms with E-state index in [1.165, 1.54) is 24.2 Å². The summed E-state index contributed by atoms with van der Waals surface area (Å²) in [7, 11) is 1.28. The van der Waals surface area contributed by atoms with Crippen LogP contribution in [0, 0.1) is 0 Å². The summed E-state index contributed by atoms with van der Waals surface area (Å²) in [6, 6.07) is 14.3. The SMILES string of the molecule is COC(=O)C1=C(C)N(c2ccc(C(C)C)cc2)C(=O)/C1=C\c1ccccc1O. The average Bonchev–Trinajstić information content (AvgIpc) is 2.93. The summed E-state index contributed by atoms with van der Waals surface area (Å²) in [4.78, 5) is 27.1. The number of amides is 1. The topological polar surface area (TPSA) is 66.8 Å². The number of rotatable bonds is 4. The summed E-state index contributed by atoms with van der Waals surface area (Å²) in [5.74, 6) is -0.515. The van der Waals surface area contributed by atoms with Gasteiger partial charge < -0.3 is 9.84 Å². The molecule has 0 fully saturated rings. The lowest BCUT2D eigenvalue weighted by molar-refractivity contribution is -0.136. The molecule has 5 heteroatoms. The van der Waals surface area contributed by atoms with Crippen LogP contribution < -0.4 is 4.90 Å². The summed E-state index contributed by atoms with van der Waals surface area (Å²) in [5, 5.41) is 10.1. The lowest BCUT2D eigenvalue weighted by atomic mass is 10.0. The highest BCUT2D eigenvalue weighted by molar-refractivity contribution is 6.23. The zero-order chi connectivity index (χ0) is 20.4. The van der Waals surface area contributed by atoms with Crippen molar-refractivity contribution in [2.75, 3.05) is 12.0 Å². The van der Waals surface area contributed by atoms with E-state index in [2.05, 4.69) is 13.8 Å². The molecule has 0 aliphatic carbocycles. The van der Waals surface area contributed by atoms with Gasteiger partial charge in [0, 0.05) is 16.9 Å². The number of esters is 1. The Morgan fingerprint density at radius 2 is 1.75 bits per heavy atom. The van der Waals surface area contributed by atoms with Crippen molar-refractivity contribution in [2.45, 2.75) is 26.7 Å². The first-order valence-corrected chi connectivity index (χ1v) is 9.08. The van der Waals surface area contributed by atoms with Crippen LogP contribution in [0.15, 0.2) is 65.4 Å². The minimum Gasteiger partial charge on any atom is -0.507 e. The van der Waals surface area contributed by atoms with Crippen LogP contribution in [-0.2, 0) is 14.3 Å². The fraction of sp³-hybridized carbons (Fsp3) is 0.217. The molecule has 2 aromatic carbocycles. The van der Waals surface area contributed by atoms with Crippen molar-refractivity contribution in [3.8, 4) is 5.75 Å². The maximum absolute atomic E-state index is 13.2. The van der Waals surface area contributed by atoms with Crippen molar-refractivity contribution in [1.82, 2.24) is 0 Å². The molecular formula is C23H23NO4. The molecule has 1 aliphatic rings. The molecule has 0 spiro atoms. The standard InChI is InChI=1S/C23H23NO4/c1-14(2)16-9-11-18(12-10-16)24-15(3)21(23(27)28-4)19(22(24)26)13-17-7-5-6-8-20(17)25/h5-14,25H,1-4H3/b19-13-. The molecule has 0 saturated heterocycles. The number of methoxy groups -OCH3 is 1. The minimum absolute atomic E-state index is 0.0319. The molecular weight excluding hydrogens is 354 g/mol. The van der Waals surface area contributed by atoms with Crippen LogP contribution in [0.3, 0.4) is 0 Å². The number of carbonyl (C=O) groups excluding carboxylic acids is 2. The Labute approximate surface area is 164 Å². The molecule has 0 saturated carbocycles. The number of anilines is 1. The summed E-state index contributed by atoms with van der Waals surface area (Å²) < 4.78 is 4.91. The smallest absolute Gasteiger partial charge is 0.340 e. The number of phenolic OH excluding ortho intramolecular Hbond substituents is 1. The van der Waals surface area contributed by atoms with Gasteiger partial charge in [-0.05, 0) is 42.7 Å². The summed E-state index contributed by atoms with van der Waals surface area (Å²) in [5.41, 5.74) is 3.18. The number of ether oxygens (including phenoxy) is 1. The number of carbonyl (C=O) groups is 2. The number of allylic oxidation sites excluding steroid dienone is 1. The molecule has 2 aromatic rings. The molecule has 1 aliphatic heterocycles. The van der Waals surface area contributed by atoms with E-state index in [1.807, 2.05) is 24.3 Å². The van der Waals surface area contributed by atoms with Crippen molar-refractivity contribution in [2.24, 2.45) is 0 Å². The van der Waals surface area contributed by atoms with Gasteiger partial charge in [-0.15, -0.1) is 0 Å². The molecule has 1 N–H and O–H groups in total. The van der Waals surface area contributed by atoms with Gasteiger partial charge in [-0.3, -0.25) is 9.69 Å². The van der Waals surface area contributed by atoms with E-state index in [0.29, 0.717) is 22.9 Å². The first-order chi connectivity index (χ1) is 13.3. The predicted octanol–water partition coefficient (Wildman–Crippen LogP) is 4.39. The maximum atomic E-state index is 13.2. The van der Waals surface area contributed by atoms with E-state index < -0.39 is 5.97 Å². The normalized spacial score (nSPS) is 15.7. The monoisotopic (exact) mass is 377 g/mol. The molecule has 3 rings (SSSR count). The molecule has 0 unspecified atom stereocenters. The second kappa shape index (κ2) is 7.72. The third-order valence-corrected chi connectivity index (χ3v) is 4.84. The zero-order valence-electron chi connectivity index (χ0n) is 16.4. The Balaban J connectivity index is 2.11. The number of hydrogen-bond donors (Lipinski definition) is 1. The van der Waals surface area contributed by atoms with Crippen LogP contribution in [0.25, 0.3) is 6.08 Å². The quantitative estimate of drug-likeness (QED) is 0.634. The van der Waals surface area contributed by atoms with Crippen molar-refractivity contribution in [1.29, 1.82) is 0 Å². The van der Waals surface area contributed by atoms with Crippen LogP contribution in [0.4, 0.5) is 5.69 Å². The highest BCUT2D eigenvalue weighted by Gasteiger charge is 2.38. The Kier molecular flexibility index (Phi) is 5.36. The van der Waals surface area contributed by atoms with Gasteiger partial charge in [-0.25, -0.2) is 4.79 Å². The molecule has 1 heterocycles. The number of hydrogen-bond acceptors (Lipinski definition) is 4. The second-order valence-corrected chi connectivity index (χ2v) is 6.96. The third kappa shape index (κ3) is 3.43. The highest BCUT2D eigenvalue weighted by Crippen LogP contribution is 2.36. The lowest BCUT2D eigenvalue weighted by Gasteiger charge is -2.19. The second-order valence-electron chi connectivity index (χ2n) is 6.96. The third-order valence-electron chi connectivity index (χ3n) is 4.84. The zero-order valence-corrected chi connectivity index (χ0v) is 16.4. The number of benzene rings is 2. The van der Waals surface area contributed by atoms with E-state index in [9.17, 15) is 14.7 Å². The van der Waals surface area contributed by atoms with E-state index in [0.717, 1.165) is 5.56 Å². The largest absolute Gasteiger partial charge is 0.507 e. The van der Waals surface area contributed by atoms with Crippen molar-refractivity contribution >= 4 is 23.6 Å². The number of aromatic hydroxyl groups is 1. The average molecular weight is 377 g/mol. The number of phenols is 1. The van der Waals surface area contributed by atoms with Gasteiger partial charge in [0.05, 0.1) is 18.3 Å². The highest BCUT2D eigenvalue weighted by atomic mass is 16.5. The summed E-state index contributed by atoms with van der Waals surface area (Å²) in [6.45, 7) is 5.92. The van der Waals surface area contributed by atoms with E-state index in [1.54, 1.807) is 25.1 Å². The Morgan fingerprint density at radius 1 is 1.11 bits per heavy atom. The Bertz CT molecular complexity index is 984. The molecule has 0 radical (unpaired) electrons. The minimum atomic E-state index is -0.589. The van der Waals surface area contributed by atoms with Crippen LogP contribution in [-0.4, -0.2) is 24.1 Å². The molecule has 5 nitrogen and oxygen atoms in total.